The normalized spacial score (nSPS) is 10.7. The fourth-order valence-electron chi connectivity index (χ4n) is 2.31. The number of carbonyl (C=O) groups excluding carboxylic acids is 1. The van der Waals surface area contributed by atoms with E-state index in [1.165, 1.54) is 0 Å². The lowest BCUT2D eigenvalue weighted by molar-refractivity contribution is -0.116. The molecule has 118 valence electrons. The molecule has 1 N–H and O–H groups in total. The number of nitrogens with zero attached hydrogens (tertiary/aromatic N) is 1. The number of benzene rings is 2. The lowest BCUT2D eigenvalue weighted by Gasteiger charge is -2.07. The second kappa shape index (κ2) is 6.52. The summed E-state index contributed by atoms with van der Waals surface area (Å²) in [6.45, 7) is 4.13. The average Bonchev–Trinajstić information content (AvgIpc) is 2.86. The number of ether oxygens (including phenoxy) is 1. The second-order valence-electron chi connectivity index (χ2n) is 5.38. The van der Waals surface area contributed by atoms with Crippen LogP contribution in [0.25, 0.3) is 11.1 Å². The average molecular weight is 310 g/mol. The minimum atomic E-state index is -0.0998. The third-order valence-electron chi connectivity index (χ3n) is 3.37. The quantitative estimate of drug-likeness (QED) is 0.777. The zero-order valence-electron chi connectivity index (χ0n) is 13.1. The number of anilines is 1. The molecule has 5 heteroatoms. The van der Waals surface area contributed by atoms with E-state index in [-0.39, 0.29) is 12.3 Å². The molecule has 3 aromatic rings. The number of fused-ring (bicyclic) bond motifs is 1. The predicted octanol–water partition coefficient (Wildman–Crippen LogP) is 3.85. The van der Waals surface area contributed by atoms with Gasteiger partial charge in [-0.2, -0.15) is 0 Å². The van der Waals surface area contributed by atoms with Gasteiger partial charge >= 0.3 is 0 Å². The fraction of sp³-hybridized carbons (Fsp3) is 0.222. The van der Waals surface area contributed by atoms with Crippen molar-refractivity contribution in [1.29, 1.82) is 0 Å². The highest BCUT2D eigenvalue weighted by Crippen LogP contribution is 2.20. The predicted molar refractivity (Wildman–Crippen MR) is 88.7 cm³/mol. The smallest absolute Gasteiger partial charge is 0.227 e. The topological polar surface area (TPSA) is 64.4 Å². The third-order valence-corrected chi connectivity index (χ3v) is 3.37. The molecule has 23 heavy (non-hydrogen) atoms. The Labute approximate surface area is 134 Å². The van der Waals surface area contributed by atoms with E-state index in [4.69, 9.17) is 9.15 Å². The molecule has 0 aliphatic carbocycles. The molecular formula is C18H18N2O3. The van der Waals surface area contributed by atoms with Crippen molar-refractivity contribution >= 4 is 22.7 Å². The number of oxazole rings is 1. The minimum absolute atomic E-state index is 0.0998. The van der Waals surface area contributed by atoms with Gasteiger partial charge in [-0.1, -0.05) is 12.1 Å². The lowest BCUT2D eigenvalue weighted by atomic mass is 10.2. The van der Waals surface area contributed by atoms with Crippen LogP contribution in [0.1, 0.15) is 17.9 Å². The van der Waals surface area contributed by atoms with Crippen molar-refractivity contribution in [1.82, 2.24) is 4.98 Å². The largest absolute Gasteiger partial charge is 0.493 e. The first-order valence-electron chi connectivity index (χ1n) is 7.47. The Morgan fingerprint density at radius 2 is 2.09 bits per heavy atom. The van der Waals surface area contributed by atoms with Gasteiger partial charge in [0, 0.05) is 12.6 Å². The molecule has 0 aliphatic heterocycles. The van der Waals surface area contributed by atoms with Crippen LogP contribution in [0.15, 0.2) is 46.9 Å². The Hall–Kier alpha value is -2.82. The molecule has 0 radical (unpaired) electrons. The van der Waals surface area contributed by atoms with Crippen molar-refractivity contribution in [2.24, 2.45) is 0 Å². The van der Waals surface area contributed by atoms with Gasteiger partial charge < -0.3 is 14.5 Å². The van der Waals surface area contributed by atoms with Gasteiger partial charge in [-0.25, -0.2) is 4.98 Å². The first kappa shape index (κ1) is 15.1. The van der Waals surface area contributed by atoms with E-state index in [1.807, 2.05) is 31.2 Å². The Morgan fingerprint density at radius 1 is 1.22 bits per heavy atom. The van der Waals surface area contributed by atoms with Crippen LogP contribution in [0, 0.1) is 13.8 Å². The number of hydrogen-bond acceptors (Lipinski definition) is 4. The molecule has 1 heterocycles. The number of amides is 1. The van der Waals surface area contributed by atoms with Crippen LogP contribution in [-0.2, 0) is 4.79 Å². The molecule has 3 rings (SSSR count). The minimum Gasteiger partial charge on any atom is -0.493 e. The summed E-state index contributed by atoms with van der Waals surface area (Å²) in [7, 11) is 0. The van der Waals surface area contributed by atoms with Gasteiger partial charge in [0.1, 0.15) is 11.3 Å². The van der Waals surface area contributed by atoms with Crippen LogP contribution in [0.3, 0.4) is 0 Å². The monoisotopic (exact) mass is 310 g/mol. The summed E-state index contributed by atoms with van der Waals surface area (Å²) in [6, 6.07) is 13.2. The summed E-state index contributed by atoms with van der Waals surface area (Å²) in [5, 5.41) is 2.84. The summed E-state index contributed by atoms with van der Waals surface area (Å²) in [5.74, 6) is 1.28. The molecule has 5 nitrogen and oxygen atoms in total. The van der Waals surface area contributed by atoms with Crippen molar-refractivity contribution in [3.8, 4) is 5.75 Å². The van der Waals surface area contributed by atoms with E-state index in [2.05, 4.69) is 10.3 Å². The fourth-order valence-corrected chi connectivity index (χ4v) is 2.31. The molecule has 0 spiro atoms. The zero-order valence-corrected chi connectivity index (χ0v) is 13.1. The standard InChI is InChI=1S/C18H18N2O3/c1-12-4-3-5-15(10-12)22-9-8-18(21)20-14-6-7-17-16(11-14)19-13(2)23-17/h3-7,10-11H,8-9H2,1-2H3,(H,20,21). The van der Waals surface area contributed by atoms with Crippen LogP contribution in [-0.4, -0.2) is 17.5 Å². The molecule has 0 atom stereocenters. The van der Waals surface area contributed by atoms with Crippen LogP contribution in [0.5, 0.6) is 5.75 Å². The van der Waals surface area contributed by atoms with Crippen LogP contribution in [0.4, 0.5) is 5.69 Å². The second-order valence-corrected chi connectivity index (χ2v) is 5.38. The molecule has 0 aliphatic rings. The summed E-state index contributed by atoms with van der Waals surface area (Å²) in [6.07, 6.45) is 0.282. The van der Waals surface area contributed by atoms with E-state index in [0.29, 0.717) is 23.8 Å². The van der Waals surface area contributed by atoms with Gasteiger partial charge in [0.2, 0.25) is 5.91 Å². The molecular weight excluding hydrogens is 292 g/mol. The van der Waals surface area contributed by atoms with E-state index < -0.39 is 0 Å². The van der Waals surface area contributed by atoms with Gasteiger partial charge in [-0.3, -0.25) is 4.79 Å². The molecule has 1 aromatic heterocycles. The number of aryl methyl sites for hydroxylation is 2. The molecule has 1 amide bonds. The SMILES string of the molecule is Cc1cccc(OCCC(=O)Nc2ccc3oc(C)nc3c2)c1. The van der Waals surface area contributed by atoms with Gasteiger partial charge in [-0.15, -0.1) is 0 Å². The molecule has 0 fully saturated rings. The summed E-state index contributed by atoms with van der Waals surface area (Å²) < 4.78 is 11.0. The maximum absolute atomic E-state index is 12.0. The number of rotatable bonds is 5. The highest BCUT2D eigenvalue weighted by atomic mass is 16.5. The number of carbonyl (C=O) groups is 1. The third kappa shape index (κ3) is 3.88. The van der Waals surface area contributed by atoms with Crippen molar-refractivity contribution in [3.05, 3.63) is 53.9 Å². The molecule has 0 saturated carbocycles. The summed E-state index contributed by atoms with van der Waals surface area (Å²) in [4.78, 5) is 16.2. The van der Waals surface area contributed by atoms with Gasteiger partial charge in [0.25, 0.3) is 0 Å². The van der Waals surface area contributed by atoms with Crippen molar-refractivity contribution in [2.45, 2.75) is 20.3 Å². The Kier molecular flexibility index (Phi) is 4.28. The van der Waals surface area contributed by atoms with Crippen molar-refractivity contribution < 1.29 is 13.9 Å². The zero-order chi connectivity index (χ0) is 16.2. The van der Waals surface area contributed by atoms with E-state index in [0.717, 1.165) is 16.8 Å². The highest BCUT2D eigenvalue weighted by molar-refractivity contribution is 5.92. The Bertz CT molecular complexity index is 839. The lowest BCUT2D eigenvalue weighted by Crippen LogP contribution is -2.15. The maximum Gasteiger partial charge on any atom is 0.227 e. The van der Waals surface area contributed by atoms with Gasteiger partial charge in [-0.05, 0) is 42.8 Å². The Morgan fingerprint density at radius 3 is 2.91 bits per heavy atom. The highest BCUT2D eigenvalue weighted by Gasteiger charge is 2.07. The van der Waals surface area contributed by atoms with Crippen molar-refractivity contribution in [3.63, 3.8) is 0 Å². The summed E-state index contributed by atoms with van der Waals surface area (Å²) >= 11 is 0. The first-order chi connectivity index (χ1) is 11.1. The van der Waals surface area contributed by atoms with Crippen LogP contribution < -0.4 is 10.1 Å². The van der Waals surface area contributed by atoms with Crippen molar-refractivity contribution in [2.75, 3.05) is 11.9 Å². The first-order valence-corrected chi connectivity index (χ1v) is 7.47. The van der Waals surface area contributed by atoms with E-state index in [9.17, 15) is 4.79 Å². The Balaban J connectivity index is 1.53. The number of nitrogens with one attached hydrogen (secondary N) is 1. The molecule has 0 bridgehead atoms. The van der Waals surface area contributed by atoms with Crippen LogP contribution in [0.2, 0.25) is 0 Å². The number of hydrogen-bond donors (Lipinski definition) is 1. The maximum atomic E-state index is 12.0. The van der Waals surface area contributed by atoms with Gasteiger partial charge in [0.15, 0.2) is 11.5 Å². The van der Waals surface area contributed by atoms with E-state index >= 15 is 0 Å². The van der Waals surface area contributed by atoms with Crippen LogP contribution >= 0.6 is 0 Å². The van der Waals surface area contributed by atoms with E-state index in [1.54, 1.807) is 25.1 Å². The van der Waals surface area contributed by atoms with Gasteiger partial charge in [0.05, 0.1) is 13.0 Å². The molecule has 2 aromatic carbocycles. The molecule has 0 unspecified atom stereocenters. The summed E-state index contributed by atoms with van der Waals surface area (Å²) in [5.41, 5.74) is 3.27. The number of aromatic nitrogens is 1. The molecule has 0 saturated heterocycles.